The van der Waals surface area contributed by atoms with Crippen LogP contribution in [0.2, 0.25) is 5.02 Å². The number of hydrogen-bond donors (Lipinski definition) is 1. The molecular weight excluding hydrogens is 322 g/mol. The normalized spacial score (nSPS) is 11.1. The average molecular weight is 336 g/mol. The van der Waals surface area contributed by atoms with E-state index < -0.39 is 0 Å². The van der Waals surface area contributed by atoms with Crippen molar-refractivity contribution in [1.82, 2.24) is 14.6 Å². The SMILES string of the molecule is Cc1[nH]n2c(=O)c(Cl)c(-c3ccccc3)nc2c1-c1ccccc1. The molecule has 0 fully saturated rings. The highest BCUT2D eigenvalue weighted by atomic mass is 35.5. The molecule has 0 aliphatic carbocycles. The quantitative estimate of drug-likeness (QED) is 0.593. The molecular formula is C19H14ClN3O. The minimum Gasteiger partial charge on any atom is -0.293 e. The number of benzene rings is 2. The molecule has 24 heavy (non-hydrogen) atoms. The van der Waals surface area contributed by atoms with Crippen LogP contribution in [0, 0.1) is 6.92 Å². The van der Waals surface area contributed by atoms with Gasteiger partial charge in [0.05, 0.1) is 5.69 Å². The standard InChI is InChI=1S/C19H14ClN3O/c1-12-15(13-8-4-2-5-9-13)18-21-17(14-10-6-3-7-11-14)16(20)19(24)23(18)22-12/h2-11,22H,1H3. The number of fused-ring (bicyclic) bond motifs is 1. The smallest absolute Gasteiger partial charge is 0.292 e. The molecule has 4 nitrogen and oxygen atoms in total. The first-order chi connectivity index (χ1) is 11.7. The third-order valence-corrected chi connectivity index (χ3v) is 4.36. The van der Waals surface area contributed by atoms with Gasteiger partial charge in [0.1, 0.15) is 5.02 Å². The molecule has 4 aromatic rings. The molecule has 2 heterocycles. The Labute approximate surface area is 143 Å². The van der Waals surface area contributed by atoms with Crippen molar-refractivity contribution in [2.75, 3.05) is 0 Å². The lowest BCUT2D eigenvalue weighted by molar-refractivity contribution is 0.882. The van der Waals surface area contributed by atoms with Crippen LogP contribution in [0.25, 0.3) is 28.0 Å². The maximum Gasteiger partial charge on any atom is 0.292 e. The Kier molecular flexibility index (Phi) is 3.47. The number of nitrogens with one attached hydrogen (secondary N) is 1. The zero-order valence-electron chi connectivity index (χ0n) is 13.0. The van der Waals surface area contributed by atoms with E-state index in [1.807, 2.05) is 67.6 Å². The molecule has 118 valence electrons. The minimum absolute atomic E-state index is 0.111. The van der Waals surface area contributed by atoms with Crippen molar-refractivity contribution in [2.24, 2.45) is 0 Å². The first-order valence-corrected chi connectivity index (χ1v) is 7.96. The number of aromatic amines is 1. The molecule has 0 saturated heterocycles. The van der Waals surface area contributed by atoms with Gasteiger partial charge < -0.3 is 0 Å². The Morgan fingerprint density at radius 2 is 1.54 bits per heavy atom. The lowest BCUT2D eigenvalue weighted by Crippen LogP contribution is -2.16. The van der Waals surface area contributed by atoms with Gasteiger partial charge in [0.25, 0.3) is 5.56 Å². The van der Waals surface area contributed by atoms with E-state index in [9.17, 15) is 4.79 Å². The summed E-state index contributed by atoms with van der Waals surface area (Å²) >= 11 is 6.30. The molecule has 0 saturated carbocycles. The van der Waals surface area contributed by atoms with Gasteiger partial charge in [-0.3, -0.25) is 9.89 Å². The Bertz CT molecular complexity index is 1080. The molecule has 0 aliphatic heterocycles. The van der Waals surface area contributed by atoms with Crippen LogP contribution in [-0.4, -0.2) is 14.6 Å². The van der Waals surface area contributed by atoms with Crippen molar-refractivity contribution >= 4 is 17.2 Å². The molecule has 0 amide bonds. The summed E-state index contributed by atoms with van der Waals surface area (Å²) in [7, 11) is 0. The molecule has 0 unspecified atom stereocenters. The monoisotopic (exact) mass is 335 g/mol. The van der Waals surface area contributed by atoms with Crippen molar-refractivity contribution in [1.29, 1.82) is 0 Å². The second-order valence-corrected chi connectivity index (χ2v) is 5.96. The molecule has 0 atom stereocenters. The van der Waals surface area contributed by atoms with Gasteiger partial charge in [0.2, 0.25) is 0 Å². The van der Waals surface area contributed by atoms with E-state index in [0.717, 1.165) is 22.4 Å². The predicted octanol–water partition coefficient (Wildman–Crippen LogP) is 4.32. The predicted molar refractivity (Wildman–Crippen MR) is 96.4 cm³/mol. The molecule has 2 aromatic heterocycles. The highest BCUT2D eigenvalue weighted by molar-refractivity contribution is 6.32. The van der Waals surface area contributed by atoms with Crippen LogP contribution in [0.4, 0.5) is 0 Å². The molecule has 1 N–H and O–H groups in total. The van der Waals surface area contributed by atoms with E-state index in [1.54, 1.807) is 0 Å². The fourth-order valence-electron chi connectivity index (χ4n) is 2.90. The lowest BCUT2D eigenvalue weighted by atomic mass is 10.1. The van der Waals surface area contributed by atoms with Crippen LogP contribution < -0.4 is 5.56 Å². The van der Waals surface area contributed by atoms with Gasteiger partial charge in [-0.25, -0.2) is 4.98 Å². The second kappa shape index (κ2) is 5.65. The number of aryl methyl sites for hydroxylation is 1. The van der Waals surface area contributed by atoms with Crippen molar-refractivity contribution in [2.45, 2.75) is 6.92 Å². The number of nitrogens with zero attached hydrogens (tertiary/aromatic N) is 2. The zero-order valence-corrected chi connectivity index (χ0v) is 13.7. The van der Waals surface area contributed by atoms with Crippen molar-refractivity contribution in [3.63, 3.8) is 0 Å². The summed E-state index contributed by atoms with van der Waals surface area (Å²) in [6, 6.07) is 19.4. The summed E-state index contributed by atoms with van der Waals surface area (Å²) in [6.45, 7) is 1.92. The second-order valence-electron chi connectivity index (χ2n) is 5.58. The number of aromatic nitrogens is 3. The van der Waals surface area contributed by atoms with Crippen molar-refractivity contribution in [3.8, 4) is 22.4 Å². The van der Waals surface area contributed by atoms with Gasteiger partial charge in [-0.05, 0) is 12.5 Å². The maximum atomic E-state index is 12.7. The van der Waals surface area contributed by atoms with Crippen LogP contribution in [-0.2, 0) is 0 Å². The lowest BCUT2D eigenvalue weighted by Gasteiger charge is -2.05. The summed E-state index contributed by atoms with van der Waals surface area (Å²) in [4.78, 5) is 17.4. The Balaban J connectivity index is 2.09. The molecule has 2 aromatic carbocycles. The van der Waals surface area contributed by atoms with Gasteiger partial charge in [-0.2, -0.15) is 4.52 Å². The van der Waals surface area contributed by atoms with Gasteiger partial charge in [0.15, 0.2) is 5.65 Å². The van der Waals surface area contributed by atoms with E-state index in [2.05, 4.69) is 5.10 Å². The third-order valence-electron chi connectivity index (χ3n) is 4.02. The van der Waals surface area contributed by atoms with Gasteiger partial charge >= 0.3 is 0 Å². The van der Waals surface area contributed by atoms with Crippen LogP contribution in [0.15, 0.2) is 65.5 Å². The van der Waals surface area contributed by atoms with E-state index in [-0.39, 0.29) is 10.6 Å². The van der Waals surface area contributed by atoms with Crippen LogP contribution in [0.3, 0.4) is 0 Å². The van der Waals surface area contributed by atoms with Crippen LogP contribution in [0.1, 0.15) is 5.69 Å². The highest BCUT2D eigenvalue weighted by Crippen LogP contribution is 2.30. The molecule has 4 rings (SSSR count). The van der Waals surface area contributed by atoms with E-state index in [0.29, 0.717) is 11.3 Å². The highest BCUT2D eigenvalue weighted by Gasteiger charge is 2.18. The first kappa shape index (κ1) is 14.7. The van der Waals surface area contributed by atoms with E-state index in [4.69, 9.17) is 16.6 Å². The summed E-state index contributed by atoms with van der Waals surface area (Å²) in [5.41, 5.74) is 4.37. The minimum atomic E-state index is -0.300. The fraction of sp³-hybridized carbons (Fsp3) is 0.0526. The Hall–Kier alpha value is -2.85. The summed E-state index contributed by atoms with van der Waals surface area (Å²) < 4.78 is 1.41. The largest absolute Gasteiger partial charge is 0.293 e. The van der Waals surface area contributed by atoms with Gasteiger partial charge in [-0.1, -0.05) is 72.3 Å². The zero-order chi connectivity index (χ0) is 16.7. The number of hydrogen-bond acceptors (Lipinski definition) is 2. The van der Waals surface area contributed by atoms with Crippen LogP contribution in [0.5, 0.6) is 0 Å². The van der Waals surface area contributed by atoms with E-state index >= 15 is 0 Å². The Morgan fingerprint density at radius 3 is 2.17 bits per heavy atom. The molecule has 0 radical (unpaired) electrons. The third kappa shape index (κ3) is 2.23. The van der Waals surface area contributed by atoms with E-state index in [1.165, 1.54) is 4.52 Å². The molecule has 0 spiro atoms. The average Bonchev–Trinajstić information content (AvgIpc) is 2.96. The summed E-state index contributed by atoms with van der Waals surface area (Å²) in [6.07, 6.45) is 0. The van der Waals surface area contributed by atoms with Crippen molar-refractivity contribution < 1.29 is 0 Å². The number of halogens is 1. The summed E-state index contributed by atoms with van der Waals surface area (Å²) in [5, 5.41) is 3.18. The molecule has 0 aliphatic rings. The topological polar surface area (TPSA) is 50.2 Å². The van der Waals surface area contributed by atoms with Crippen LogP contribution >= 0.6 is 11.6 Å². The maximum absolute atomic E-state index is 12.7. The fourth-order valence-corrected chi connectivity index (χ4v) is 3.14. The van der Waals surface area contributed by atoms with Gasteiger partial charge in [-0.15, -0.1) is 0 Å². The van der Waals surface area contributed by atoms with Gasteiger partial charge in [0, 0.05) is 16.8 Å². The van der Waals surface area contributed by atoms with Crippen molar-refractivity contribution in [3.05, 3.63) is 81.7 Å². The summed E-state index contributed by atoms with van der Waals surface area (Å²) in [5.74, 6) is 0. The Morgan fingerprint density at radius 1 is 0.958 bits per heavy atom. The number of rotatable bonds is 2. The number of H-pyrrole nitrogens is 1. The molecule has 5 heteroatoms. The molecule has 0 bridgehead atoms. The first-order valence-electron chi connectivity index (χ1n) is 7.58.